The maximum Gasteiger partial charge on any atom is 0.257 e. The van der Waals surface area contributed by atoms with Crippen molar-refractivity contribution in [3.05, 3.63) is 90.3 Å². The highest BCUT2D eigenvalue weighted by Gasteiger charge is 2.28. The number of amides is 1. The molecule has 1 amide bonds. The molecule has 2 aromatic heterocycles. The number of aromatic nitrogens is 3. The number of hydrogen-bond donors (Lipinski definition) is 0. The molecule has 4 rings (SSSR count). The van der Waals surface area contributed by atoms with Gasteiger partial charge in [0, 0.05) is 51.0 Å². The zero-order chi connectivity index (χ0) is 18.5. The summed E-state index contributed by atoms with van der Waals surface area (Å²) in [6, 6.07) is 14.7. The van der Waals surface area contributed by atoms with Crippen LogP contribution in [0.2, 0.25) is 0 Å². The van der Waals surface area contributed by atoms with Crippen molar-refractivity contribution in [3.8, 4) is 0 Å². The van der Waals surface area contributed by atoms with Crippen molar-refractivity contribution in [2.24, 2.45) is 0 Å². The lowest BCUT2D eigenvalue weighted by molar-refractivity contribution is 0.0596. The smallest absolute Gasteiger partial charge is 0.257 e. The third-order valence-electron chi connectivity index (χ3n) is 4.89. The highest BCUT2D eigenvalue weighted by Crippen LogP contribution is 2.29. The summed E-state index contributed by atoms with van der Waals surface area (Å²) < 4.78 is 0. The minimum absolute atomic E-state index is 0.00658. The van der Waals surface area contributed by atoms with Gasteiger partial charge in [0.25, 0.3) is 5.91 Å². The summed E-state index contributed by atoms with van der Waals surface area (Å²) in [6.45, 7) is 2.95. The van der Waals surface area contributed by atoms with E-state index in [0.29, 0.717) is 18.7 Å². The molecule has 1 aromatic carbocycles. The van der Waals surface area contributed by atoms with Crippen molar-refractivity contribution in [1.29, 1.82) is 0 Å². The van der Waals surface area contributed by atoms with Gasteiger partial charge in [0.1, 0.15) is 6.33 Å². The summed E-state index contributed by atoms with van der Waals surface area (Å²) in [4.78, 5) is 29.1. The minimum atomic E-state index is -0.00658. The molecular weight excluding hydrogens is 338 g/mol. The number of nitrogens with zero attached hydrogens (tertiary/aromatic N) is 5. The Morgan fingerprint density at radius 2 is 1.52 bits per heavy atom. The Bertz CT molecular complexity index is 825. The first-order valence-corrected chi connectivity index (χ1v) is 9.06. The molecule has 6 heteroatoms. The molecule has 3 heterocycles. The average molecular weight is 359 g/mol. The van der Waals surface area contributed by atoms with Crippen molar-refractivity contribution in [2.75, 3.05) is 26.2 Å². The van der Waals surface area contributed by atoms with E-state index in [2.05, 4.69) is 50.2 Å². The van der Waals surface area contributed by atoms with E-state index in [-0.39, 0.29) is 11.9 Å². The molecule has 3 aromatic rings. The molecular formula is C21H21N5O. The molecule has 0 saturated carbocycles. The van der Waals surface area contributed by atoms with Gasteiger partial charge in [0.05, 0.1) is 11.6 Å². The van der Waals surface area contributed by atoms with Gasteiger partial charge in [0.15, 0.2) is 0 Å². The standard InChI is InChI=1S/C21H21N5O/c27-21(19-14-23-16-24-15-19)26-11-9-25(10-12-26)20(17-5-2-1-3-6-17)18-7-4-8-22-13-18/h1-8,13-16,20H,9-12H2. The molecule has 1 saturated heterocycles. The second-order valence-corrected chi connectivity index (χ2v) is 6.55. The Morgan fingerprint density at radius 1 is 0.815 bits per heavy atom. The molecule has 1 atom stereocenters. The van der Waals surface area contributed by atoms with Gasteiger partial charge >= 0.3 is 0 Å². The Hall–Kier alpha value is -3.12. The molecule has 0 aliphatic carbocycles. The Balaban J connectivity index is 1.51. The van der Waals surface area contributed by atoms with Crippen LogP contribution in [0.5, 0.6) is 0 Å². The van der Waals surface area contributed by atoms with Crippen LogP contribution in [-0.2, 0) is 0 Å². The first-order valence-electron chi connectivity index (χ1n) is 9.06. The number of carbonyl (C=O) groups excluding carboxylic acids is 1. The van der Waals surface area contributed by atoms with Crippen molar-refractivity contribution in [1.82, 2.24) is 24.8 Å². The number of carbonyl (C=O) groups is 1. The van der Waals surface area contributed by atoms with E-state index in [1.54, 1.807) is 18.6 Å². The van der Waals surface area contributed by atoms with E-state index >= 15 is 0 Å². The number of piperazine rings is 1. The minimum Gasteiger partial charge on any atom is -0.336 e. The third-order valence-corrected chi connectivity index (χ3v) is 4.89. The monoisotopic (exact) mass is 359 g/mol. The van der Waals surface area contributed by atoms with Crippen LogP contribution in [0, 0.1) is 0 Å². The Labute approximate surface area is 158 Å². The van der Waals surface area contributed by atoms with Crippen LogP contribution in [0.25, 0.3) is 0 Å². The molecule has 1 fully saturated rings. The fourth-order valence-corrected chi connectivity index (χ4v) is 3.56. The SMILES string of the molecule is O=C(c1cncnc1)N1CCN(C(c2ccccc2)c2cccnc2)CC1. The predicted molar refractivity (Wildman–Crippen MR) is 102 cm³/mol. The molecule has 136 valence electrons. The average Bonchev–Trinajstić information content (AvgIpc) is 2.76. The van der Waals surface area contributed by atoms with Gasteiger partial charge in [0.2, 0.25) is 0 Å². The molecule has 1 aliphatic rings. The molecule has 1 unspecified atom stereocenters. The normalized spacial score (nSPS) is 16.1. The summed E-state index contributed by atoms with van der Waals surface area (Å²) in [6.07, 6.45) is 8.31. The lowest BCUT2D eigenvalue weighted by Gasteiger charge is -2.39. The van der Waals surface area contributed by atoms with Crippen LogP contribution < -0.4 is 0 Å². The van der Waals surface area contributed by atoms with E-state index < -0.39 is 0 Å². The fraction of sp³-hybridized carbons (Fsp3) is 0.238. The van der Waals surface area contributed by atoms with Gasteiger partial charge in [-0.25, -0.2) is 9.97 Å². The topological polar surface area (TPSA) is 62.2 Å². The summed E-state index contributed by atoms with van der Waals surface area (Å²) in [5.74, 6) is -0.00658. The van der Waals surface area contributed by atoms with Gasteiger partial charge in [-0.15, -0.1) is 0 Å². The predicted octanol–water partition coefficient (Wildman–Crippen LogP) is 2.42. The van der Waals surface area contributed by atoms with E-state index in [1.165, 1.54) is 17.5 Å². The molecule has 1 aliphatic heterocycles. The van der Waals surface area contributed by atoms with Crippen LogP contribution in [0.4, 0.5) is 0 Å². The van der Waals surface area contributed by atoms with Gasteiger partial charge in [-0.05, 0) is 17.2 Å². The molecule has 0 bridgehead atoms. The summed E-state index contributed by atoms with van der Waals surface area (Å²) in [5, 5.41) is 0. The van der Waals surface area contributed by atoms with Gasteiger partial charge in [-0.3, -0.25) is 14.7 Å². The van der Waals surface area contributed by atoms with Crippen LogP contribution in [0.1, 0.15) is 27.5 Å². The summed E-state index contributed by atoms with van der Waals surface area (Å²) in [7, 11) is 0. The van der Waals surface area contributed by atoms with Crippen molar-refractivity contribution in [3.63, 3.8) is 0 Å². The Morgan fingerprint density at radius 3 is 2.19 bits per heavy atom. The number of hydrogen-bond acceptors (Lipinski definition) is 5. The fourth-order valence-electron chi connectivity index (χ4n) is 3.56. The largest absolute Gasteiger partial charge is 0.336 e. The maximum absolute atomic E-state index is 12.6. The zero-order valence-corrected chi connectivity index (χ0v) is 15.0. The lowest BCUT2D eigenvalue weighted by Crippen LogP contribution is -2.49. The number of benzene rings is 1. The zero-order valence-electron chi connectivity index (χ0n) is 15.0. The second-order valence-electron chi connectivity index (χ2n) is 6.55. The van der Waals surface area contributed by atoms with Crippen molar-refractivity contribution >= 4 is 5.91 Å². The van der Waals surface area contributed by atoms with Crippen molar-refractivity contribution in [2.45, 2.75) is 6.04 Å². The highest BCUT2D eigenvalue weighted by molar-refractivity contribution is 5.93. The molecule has 27 heavy (non-hydrogen) atoms. The molecule has 0 radical (unpaired) electrons. The number of pyridine rings is 1. The lowest BCUT2D eigenvalue weighted by atomic mass is 9.97. The van der Waals surface area contributed by atoms with E-state index in [4.69, 9.17) is 0 Å². The van der Waals surface area contributed by atoms with E-state index in [0.717, 1.165) is 13.1 Å². The van der Waals surface area contributed by atoms with Gasteiger partial charge < -0.3 is 4.90 Å². The number of rotatable bonds is 4. The third kappa shape index (κ3) is 3.85. The van der Waals surface area contributed by atoms with Crippen LogP contribution in [0.3, 0.4) is 0 Å². The van der Waals surface area contributed by atoms with E-state index in [1.807, 2.05) is 23.2 Å². The second kappa shape index (κ2) is 8.05. The van der Waals surface area contributed by atoms with Crippen LogP contribution >= 0.6 is 0 Å². The first kappa shape index (κ1) is 17.3. The quantitative estimate of drug-likeness (QED) is 0.716. The summed E-state index contributed by atoms with van der Waals surface area (Å²) >= 11 is 0. The molecule has 6 nitrogen and oxygen atoms in total. The van der Waals surface area contributed by atoms with Crippen LogP contribution in [0.15, 0.2) is 73.6 Å². The molecule has 0 N–H and O–H groups in total. The highest BCUT2D eigenvalue weighted by atomic mass is 16.2. The molecule has 0 spiro atoms. The van der Waals surface area contributed by atoms with Gasteiger partial charge in [-0.1, -0.05) is 36.4 Å². The summed E-state index contributed by atoms with van der Waals surface area (Å²) in [5.41, 5.74) is 2.94. The first-order chi connectivity index (χ1) is 13.3. The van der Waals surface area contributed by atoms with Crippen LogP contribution in [-0.4, -0.2) is 56.8 Å². The Kier molecular flexibility index (Phi) is 5.16. The van der Waals surface area contributed by atoms with Gasteiger partial charge in [-0.2, -0.15) is 0 Å². The maximum atomic E-state index is 12.6. The van der Waals surface area contributed by atoms with E-state index in [9.17, 15) is 4.79 Å². The van der Waals surface area contributed by atoms with Crippen molar-refractivity contribution < 1.29 is 4.79 Å².